The molecule has 0 atom stereocenters. The maximum atomic E-state index is 12.8. The summed E-state index contributed by atoms with van der Waals surface area (Å²) in [7, 11) is 2.98. The van der Waals surface area contributed by atoms with Crippen molar-refractivity contribution in [1.29, 1.82) is 0 Å². The highest BCUT2D eigenvalue weighted by Gasteiger charge is 2.35. The van der Waals surface area contributed by atoms with E-state index >= 15 is 0 Å². The minimum Gasteiger partial charge on any atom is -0.332 e. The van der Waals surface area contributed by atoms with Gasteiger partial charge >= 0.3 is 5.69 Å². The SMILES string of the molecule is CC(C)N(C(=O)c1ccc2c(=O)n(C)c(=O)n(C)c2n1)C1CC1. The van der Waals surface area contributed by atoms with Crippen LogP contribution in [0.1, 0.15) is 37.2 Å². The summed E-state index contributed by atoms with van der Waals surface area (Å²) in [6, 6.07) is 3.49. The van der Waals surface area contributed by atoms with Gasteiger partial charge in [-0.05, 0) is 38.8 Å². The monoisotopic (exact) mass is 316 g/mol. The van der Waals surface area contributed by atoms with Crippen LogP contribution in [0.25, 0.3) is 11.0 Å². The zero-order valence-corrected chi connectivity index (χ0v) is 13.7. The minimum absolute atomic E-state index is 0.0833. The predicted molar refractivity (Wildman–Crippen MR) is 86.6 cm³/mol. The Labute approximate surface area is 133 Å². The Bertz CT molecular complexity index is 904. The molecular formula is C16H20N4O3. The fourth-order valence-electron chi connectivity index (χ4n) is 2.88. The van der Waals surface area contributed by atoms with Gasteiger partial charge in [-0.15, -0.1) is 0 Å². The first kappa shape index (κ1) is 15.5. The molecule has 2 aromatic rings. The van der Waals surface area contributed by atoms with Gasteiger partial charge in [-0.1, -0.05) is 0 Å². The first-order valence-electron chi connectivity index (χ1n) is 7.72. The van der Waals surface area contributed by atoms with Crippen LogP contribution in [0.2, 0.25) is 0 Å². The van der Waals surface area contributed by atoms with Gasteiger partial charge in [0.15, 0.2) is 0 Å². The van der Waals surface area contributed by atoms with E-state index in [4.69, 9.17) is 0 Å². The molecule has 2 heterocycles. The second-order valence-electron chi connectivity index (χ2n) is 6.31. The summed E-state index contributed by atoms with van der Waals surface area (Å²) in [5.41, 5.74) is -0.357. The zero-order valence-electron chi connectivity index (χ0n) is 13.7. The Morgan fingerprint density at radius 1 is 1.22 bits per heavy atom. The fraction of sp³-hybridized carbons (Fsp3) is 0.500. The van der Waals surface area contributed by atoms with Crippen LogP contribution in [0.5, 0.6) is 0 Å². The molecule has 0 aromatic carbocycles. The molecule has 0 bridgehead atoms. The lowest BCUT2D eigenvalue weighted by atomic mass is 10.2. The van der Waals surface area contributed by atoms with E-state index in [9.17, 15) is 14.4 Å². The standard InChI is InChI=1S/C16H20N4O3/c1-9(2)20(10-5-6-10)15(22)12-8-7-11-13(17-12)18(3)16(23)19(4)14(11)21/h7-10H,5-6H2,1-4H3. The summed E-state index contributed by atoms with van der Waals surface area (Å²) >= 11 is 0. The number of hydrogen-bond donors (Lipinski definition) is 0. The van der Waals surface area contributed by atoms with Crippen LogP contribution in [-0.2, 0) is 14.1 Å². The summed E-state index contributed by atoms with van der Waals surface area (Å²) in [5.74, 6) is -0.155. The molecule has 0 spiro atoms. The molecule has 2 aromatic heterocycles. The number of amides is 1. The normalized spacial score (nSPS) is 14.5. The van der Waals surface area contributed by atoms with Gasteiger partial charge in [-0.25, -0.2) is 9.78 Å². The second kappa shape index (κ2) is 5.33. The van der Waals surface area contributed by atoms with Crippen LogP contribution in [-0.4, -0.2) is 37.0 Å². The van der Waals surface area contributed by atoms with Gasteiger partial charge in [0.05, 0.1) is 5.39 Å². The van der Waals surface area contributed by atoms with Gasteiger partial charge in [-0.3, -0.25) is 18.7 Å². The van der Waals surface area contributed by atoms with Gasteiger partial charge in [-0.2, -0.15) is 0 Å². The number of carbonyl (C=O) groups excluding carboxylic acids is 1. The Balaban J connectivity index is 2.15. The van der Waals surface area contributed by atoms with Crippen molar-refractivity contribution >= 4 is 16.9 Å². The fourth-order valence-corrected chi connectivity index (χ4v) is 2.88. The lowest BCUT2D eigenvalue weighted by molar-refractivity contribution is 0.0684. The van der Waals surface area contributed by atoms with Gasteiger partial charge in [0.2, 0.25) is 0 Å². The second-order valence-corrected chi connectivity index (χ2v) is 6.31. The Kier molecular flexibility index (Phi) is 3.58. The minimum atomic E-state index is -0.456. The van der Waals surface area contributed by atoms with E-state index in [1.54, 1.807) is 19.2 Å². The van der Waals surface area contributed by atoms with E-state index in [0.717, 1.165) is 17.4 Å². The number of hydrogen-bond acceptors (Lipinski definition) is 4. The third-order valence-corrected chi connectivity index (χ3v) is 4.25. The van der Waals surface area contributed by atoms with Crippen molar-refractivity contribution < 1.29 is 4.79 Å². The third kappa shape index (κ3) is 2.46. The molecule has 0 radical (unpaired) electrons. The third-order valence-electron chi connectivity index (χ3n) is 4.25. The number of pyridine rings is 1. The van der Waals surface area contributed by atoms with Crippen LogP contribution in [0.4, 0.5) is 0 Å². The molecule has 7 heteroatoms. The number of rotatable bonds is 3. The molecule has 1 saturated carbocycles. The first-order chi connectivity index (χ1) is 10.8. The number of fused-ring (bicyclic) bond motifs is 1. The lowest BCUT2D eigenvalue weighted by Crippen LogP contribution is -2.40. The highest BCUT2D eigenvalue weighted by atomic mass is 16.2. The van der Waals surface area contributed by atoms with Gasteiger partial charge < -0.3 is 4.90 Å². The van der Waals surface area contributed by atoms with Crippen LogP contribution in [0, 0.1) is 0 Å². The van der Waals surface area contributed by atoms with Crippen LogP contribution >= 0.6 is 0 Å². The molecule has 1 aliphatic carbocycles. The molecule has 122 valence electrons. The maximum absolute atomic E-state index is 12.8. The van der Waals surface area contributed by atoms with E-state index in [2.05, 4.69) is 4.98 Å². The average molecular weight is 316 g/mol. The Morgan fingerprint density at radius 2 is 1.87 bits per heavy atom. The van der Waals surface area contributed by atoms with Gasteiger partial charge in [0.1, 0.15) is 11.3 Å². The molecule has 7 nitrogen and oxygen atoms in total. The summed E-state index contributed by atoms with van der Waals surface area (Å²) in [6.45, 7) is 3.95. The highest BCUT2D eigenvalue weighted by molar-refractivity contribution is 5.94. The van der Waals surface area contributed by atoms with Crippen LogP contribution < -0.4 is 11.2 Å². The molecule has 23 heavy (non-hydrogen) atoms. The van der Waals surface area contributed by atoms with E-state index in [-0.39, 0.29) is 29.3 Å². The number of aryl methyl sites for hydroxylation is 1. The smallest absolute Gasteiger partial charge is 0.332 e. The first-order valence-corrected chi connectivity index (χ1v) is 7.72. The van der Waals surface area contributed by atoms with E-state index < -0.39 is 11.2 Å². The van der Waals surface area contributed by atoms with Crippen molar-refractivity contribution in [3.05, 3.63) is 38.7 Å². The van der Waals surface area contributed by atoms with Gasteiger partial charge in [0.25, 0.3) is 11.5 Å². The molecule has 0 unspecified atom stereocenters. The van der Waals surface area contributed by atoms with Crippen molar-refractivity contribution in [2.75, 3.05) is 0 Å². The van der Waals surface area contributed by atoms with Crippen LogP contribution in [0.15, 0.2) is 21.7 Å². The van der Waals surface area contributed by atoms with E-state index in [0.29, 0.717) is 5.39 Å². The molecule has 0 saturated heterocycles. The van der Waals surface area contributed by atoms with Crippen molar-refractivity contribution in [2.45, 2.75) is 38.8 Å². The molecule has 0 N–H and O–H groups in total. The van der Waals surface area contributed by atoms with Gasteiger partial charge in [0, 0.05) is 26.2 Å². The maximum Gasteiger partial charge on any atom is 0.332 e. The number of carbonyl (C=O) groups is 1. The molecule has 3 rings (SSSR count). The summed E-state index contributed by atoms with van der Waals surface area (Å²) in [6.07, 6.45) is 2.02. The molecule has 1 fully saturated rings. The van der Waals surface area contributed by atoms with Crippen molar-refractivity contribution in [2.24, 2.45) is 14.1 Å². The van der Waals surface area contributed by atoms with Crippen molar-refractivity contribution in [3.8, 4) is 0 Å². The lowest BCUT2D eigenvalue weighted by Gasteiger charge is -2.26. The predicted octanol–water partition coefficient (Wildman–Crippen LogP) is 0.645. The molecule has 1 aliphatic rings. The zero-order chi connectivity index (χ0) is 16.9. The quantitative estimate of drug-likeness (QED) is 0.833. The molecular weight excluding hydrogens is 296 g/mol. The summed E-state index contributed by atoms with van der Waals surface area (Å²) in [5, 5.41) is 0.327. The van der Waals surface area contributed by atoms with Crippen molar-refractivity contribution in [3.63, 3.8) is 0 Å². The topological polar surface area (TPSA) is 77.2 Å². The summed E-state index contributed by atoms with van der Waals surface area (Å²) < 4.78 is 2.33. The number of aromatic nitrogens is 3. The van der Waals surface area contributed by atoms with Crippen molar-refractivity contribution in [1.82, 2.24) is 19.0 Å². The van der Waals surface area contributed by atoms with Crippen LogP contribution in [0.3, 0.4) is 0 Å². The molecule has 0 aliphatic heterocycles. The summed E-state index contributed by atoms with van der Waals surface area (Å²) in [4.78, 5) is 43.1. The average Bonchev–Trinajstić information content (AvgIpc) is 3.34. The van der Waals surface area contributed by atoms with E-state index in [1.807, 2.05) is 18.7 Å². The molecule has 1 amide bonds. The largest absolute Gasteiger partial charge is 0.332 e. The number of nitrogens with zero attached hydrogens (tertiary/aromatic N) is 4. The Hall–Kier alpha value is -2.44. The highest BCUT2D eigenvalue weighted by Crippen LogP contribution is 2.29. The van der Waals surface area contributed by atoms with E-state index in [1.165, 1.54) is 11.6 Å². The Morgan fingerprint density at radius 3 is 2.43 bits per heavy atom.